The summed E-state index contributed by atoms with van der Waals surface area (Å²) in [4.78, 5) is 8.35. The maximum Gasteiger partial charge on any atom is 0.231 e. The van der Waals surface area contributed by atoms with Crippen molar-refractivity contribution >= 4 is 41.3 Å². The number of benzene rings is 1. The molecule has 0 spiro atoms. The minimum atomic E-state index is 0. The number of ether oxygens (including phenoxy) is 2. The van der Waals surface area contributed by atoms with E-state index in [4.69, 9.17) is 14.5 Å². The second-order valence-electron chi connectivity index (χ2n) is 7.30. The van der Waals surface area contributed by atoms with Gasteiger partial charge in [0.2, 0.25) is 6.79 Å². The molecule has 32 heavy (non-hydrogen) atoms. The normalized spacial score (nSPS) is 12.5. The van der Waals surface area contributed by atoms with E-state index in [1.165, 1.54) is 4.88 Å². The Balaban J connectivity index is 0.00000289. The Morgan fingerprint density at radius 2 is 2.16 bits per heavy atom. The van der Waals surface area contributed by atoms with Crippen molar-refractivity contribution < 1.29 is 9.47 Å². The Hall–Kier alpha value is -2.34. The molecule has 1 aromatic carbocycles. The summed E-state index contributed by atoms with van der Waals surface area (Å²) in [6.07, 6.45) is 3.59. The molecular weight excluding hydrogens is 539 g/mol. The molecule has 0 saturated carbocycles. The molecule has 1 aliphatic rings. The summed E-state index contributed by atoms with van der Waals surface area (Å²) in [6.45, 7) is 5.36. The first kappa shape index (κ1) is 24.3. The van der Waals surface area contributed by atoms with E-state index in [1.807, 2.05) is 12.1 Å². The van der Waals surface area contributed by atoms with E-state index in [0.717, 1.165) is 61.3 Å². The number of nitrogens with one attached hydrogen (secondary N) is 1. The third-order valence-corrected chi connectivity index (χ3v) is 6.00. The van der Waals surface area contributed by atoms with Crippen molar-refractivity contribution in [1.29, 1.82) is 0 Å². The van der Waals surface area contributed by atoms with Crippen LogP contribution in [0.3, 0.4) is 0 Å². The Kier molecular flexibility index (Phi) is 9.15. The van der Waals surface area contributed by atoms with E-state index in [2.05, 4.69) is 62.5 Å². The summed E-state index contributed by atoms with van der Waals surface area (Å²) in [5, 5.41) is 13.8. The standard InChI is InChI=1S/C22H28N6O2S.HI/c1-3-21-26-25-15-28(21)11-10-24-22(23-9-8-18-5-4-12-31-18)27(2)14-17-6-7-19-20(13-17)30-16-29-19;/h4-7,12-13,15H,3,8-11,14,16H2,1-2H3,(H,23,24);1H. The fourth-order valence-electron chi connectivity index (χ4n) is 3.45. The molecule has 0 amide bonds. The lowest BCUT2D eigenvalue weighted by atomic mass is 10.2. The number of halogens is 1. The van der Waals surface area contributed by atoms with Crippen molar-refractivity contribution in [2.45, 2.75) is 32.9 Å². The van der Waals surface area contributed by atoms with E-state index in [-0.39, 0.29) is 30.8 Å². The van der Waals surface area contributed by atoms with Crippen molar-refractivity contribution in [1.82, 2.24) is 25.0 Å². The lowest BCUT2D eigenvalue weighted by Gasteiger charge is -2.23. The Morgan fingerprint density at radius 3 is 2.97 bits per heavy atom. The summed E-state index contributed by atoms with van der Waals surface area (Å²) in [5.41, 5.74) is 1.14. The van der Waals surface area contributed by atoms with Gasteiger partial charge in [-0.1, -0.05) is 19.1 Å². The van der Waals surface area contributed by atoms with Crippen molar-refractivity contribution in [3.8, 4) is 11.5 Å². The largest absolute Gasteiger partial charge is 0.454 e. The average Bonchev–Trinajstić information content (AvgIpc) is 3.53. The third-order valence-electron chi connectivity index (χ3n) is 5.07. The zero-order chi connectivity index (χ0) is 21.5. The van der Waals surface area contributed by atoms with Crippen LogP contribution in [0.1, 0.15) is 23.2 Å². The van der Waals surface area contributed by atoms with E-state index in [9.17, 15) is 0 Å². The molecule has 0 atom stereocenters. The van der Waals surface area contributed by atoms with Crippen LogP contribution in [0.25, 0.3) is 0 Å². The first-order valence-corrected chi connectivity index (χ1v) is 11.4. The lowest BCUT2D eigenvalue weighted by molar-refractivity contribution is 0.174. The highest BCUT2D eigenvalue weighted by molar-refractivity contribution is 14.0. The Labute approximate surface area is 209 Å². The van der Waals surface area contributed by atoms with E-state index in [0.29, 0.717) is 6.54 Å². The first-order chi connectivity index (χ1) is 15.2. The molecule has 8 nitrogen and oxygen atoms in total. The molecule has 4 rings (SSSR count). The van der Waals surface area contributed by atoms with Crippen molar-refractivity contribution in [2.24, 2.45) is 4.99 Å². The van der Waals surface area contributed by atoms with Crippen molar-refractivity contribution in [3.05, 3.63) is 58.3 Å². The van der Waals surface area contributed by atoms with Gasteiger partial charge in [0.15, 0.2) is 17.5 Å². The molecular formula is C22H29IN6O2S. The third kappa shape index (κ3) is 6.35. The second-order valence-corrected chi connectivity index (χ2v) is 8.33. The smallest absolute Gasteiger partial charge is 0.231 e. The molecule has 0 radical (unpaired) electrons. The molecule has 0 saturated heterocycles. The van der Waals surface area contributed by atoms with Crippen LogP contribution >= 0.6 is 35.3 Å². The predicted octanol–water partition coefficient (Wildman–Crippen LogP) is 3.57. The number of hydrogen-bond donors (Lipinski definition) is 1. The van der Waals surface area contributed by atoms with Gasteiger partial charge >= 0.3 is 0 Å². The molecule has 0 bridgehead atoms. The van der Waals surface area contributed by atoms with Gasteiger partial charge in [0, 0.05) is 50.9 Å². The Bertz CT molecular complexity index is 1010. The number of thiophene rings is 1. The van der Waals surface area contributed by atoms with Gasteiger partial charge in [0.1, 0.15) is 12.2 Å². The van der Waals surface area contributed by atoms with Gasteiger partial charge in [-0.15, -0.1) is 45.5 Å². The molecule has 0 unspecified atom stereocenters. The summed E-state index contributed by atoms with van der Waals surface area (Å²) < 4.78 is 13.0. The average molecular weight is 568 g/mol. The lowest BCUT2D eigenvalue weighted by Crippen LogP contribution is -2.40. The number of aliphatic imine (C=N–C) groups is 1. The molecule has 3 heterocycles. The van der Waals surface area contributed by atoms with Gasteiger partial charge in [-0.05, 0) is 29.1 Å². The van der Waals surface area contributed by atoms with E-state index >= 15 is 0 Å². The molecule has 10 heteroatoms. The predicted molar refractivity (Wildman–Crippen MR) is 137 cm³/mol. The molecule has 3 aromatic rings. The van der Waals surface area contributed by atoms with Crippen LogP contribution in [0.4, 0.5) is 0 Å². The van der Waals surface area contributed by atoms with Gasteiger partial charge in [-0.3, -0.25) is 4.99 Å². The molecule has 1 N–H and O–H groups in total. The summed E-state index contributed by atoms with van der Waals surface area (Å²) in [7, 11) is 2.05. The zero-order valence-electron chi connectivity index (χ0n) is 18.4. The number of rotatable bonds is 9. The molecule has 0 fully saturated rings. The second kappa shape index (κ2) is 12.0. The van der Waals surface area contributed by atoms with Crippen LogP contribution in [0.5, 0.6) is 11.5 Å². The minimum absolute atomic E-state index is 0. The van der Waals surface area contributed by atoms with Gasteiger partial charge < -0.3 is 24.3 Å². The molecule has 0 aliphatic carbocycles. The van der Waals surface area contributed by atoms with E-state index in [1.54, 1.807) is 17.7 Å². The van der Waals surface area contributed by atoms with Gasteiger partial charge in [-0.25, -0.2) is 0 Å². The number of guanidine groups is 1. The van der Waals surface area contributed by atoms with Crippen LogP contribution in [0.2, 0.25) is 0 Å². The SMILES string of the molecule is CCc1nncn1CCNC(=NCCc1cccs1)N(C)Cc1ccc2c(c1)OCO2.I. The Morgan fingerprint density at radius 1 is 1.28 bits per heavy atom. The van der Waals surface area contributed by atoms with Gasteiger partial charge in [0.05, 0.1) is 0 Å². The fourth-order valence-corrected chi connectivity index (χ4v) is 4.15. The maximum atomic E-state index is 5.52. The highest BCUT2D eigenvalue weighted by Gasteiger charge is 2.15. The number of hydrogen-bond acceptors (Lipinski definition) is 6. The number of aromatic nitrogens is 3. The number of nitrogens with zero attached hydrogens (tertiary/aromatic N) is 5. The van der Waals surface area contributed by atoms with Crippen molar-refractivity contribution in [3.63, 3.8) is 0 Å². The summed E-state index contributed by atoms with van der Waals surface area (Å²) >= 11 is 1.77. The first-order valence-electron chi connectivity index (χ1n) is 10.5. The van der Waals surface area contributed by atoms with E-state index < -0.39 is 0 Å². The number of aryl methyl sites for hydroxylation is 1. The minimum Gasteiger partial charge on any atom is -0.454 e. The van der Waals surface area contributed by atoms with Crippen LogP contribution in [0.15, 0.2) is 47.0 Å². The van der Waals surface area contributed by atoms with Crippen LogP contribution in [-0.2, 0) is 25.9 Å². The summed E-state index contributed by atoms with van der Waals surface area (Å²) in [5.74, 6) is 3.47. The molecule has 2 aromatic heterocycles. The van der Waals surface area contributed by atoms with Gasteiger partial charge in [-0.2, -0.15) is 0 Å². The van der Waals surface area contributed by atoms with Crippen LogP contribution < -0.4 is 14.8 Å². The molecule has 1 aliphatic heterocycles. The topological polar surface area (TPSA) is 76.8 Å². The van der Waals surface area contributed by atoms with Crippen LogP contribution in [-0.4, -0.2) is 52.6 Å². The van der Waals surface area contributed by atoms with Crippen molar-refractivity contribution in [2.75, 3.05) is 26.9 Å². The monoisotopic (exact) mass is 568 g/mol. The highest BCUT2D eigenvalue weighted by Crippen LogP contribution is 2.32. The summed E-state index contributed by atoms with van der Waals surface area (Å²) in [6, 6.07) is 10.3. The fraction of sp³-hybridized carbons (Fsp3) is 0.409. The van der Waals surface area contributed by atoms with Crippen LogP contribution in [0, 0.1) is 0 Å². The maximum absolute atomic E-state index is 5.52. The molecule has 172 valence electrons. The number of fused-ring (bicyclic) bond motifs is 1. The van der Waals surface area contributed by atoms with Gasteiger partial charge in [0.25, 0.3) is 0 Å². The zero-order valence-corrected chi connectivity index (χ0v) is 21.5. The highest BCUT2D eigenvalue weighted by atomic mass is 127. The quantitative estimate of drug-likeness (QED) is 0.242.